The number of aliphatic hydroxyl groups is 1. The topological polar surface area (TPSA) is 41.5 Å². The maximum atomic E-state index is 9.92. The predicted molar refractivity (Wildman–Crippen MR) is 77.2 cm³/mol. The summed E-state index contributed by atoms with van der Waals surface area (Å²) in [5, 5.41) is 13.4. The summed E-state index contributed by atoms with van der Waals surface area (Å²) in [5.41, 5.74) is 0. The van der Waals surface area contributed by atoms with E-state index in [2.05, 4.69) is 5.32 Å². The van der Waals surface area contributed by atoms with Gasteiger partial charge in [0.25, 0.3) is 0 Å². The number of nitrogens with one attached hydrogen (secondary N) is 1. The molecule has 3 nitrogen and oxygen atoms in total. The van der Waals surface area contributed by atoms with Crippen LogP contribution in [0.3, 0.4) is 0 Å². The first-order chi connectivity index (χ1) is 8.84. The van der Waals surface area contributed by atoms with Crippen LogP contribution in [-0.2, 0) is 4.74 Å². The Hall–Kier alpha value is 0.230. The second kappa shape index (κ2) is 8.41. The molecule has 0 radical (unpaired) electrons. The van der Waals surface area contributed by atoms with Gasteiger partial charge in [0.05, 0.1) is 18.8 Å². The molecule has 1 heterocycles. The quantitative estimate of drug-likeness (QED) is 0.778. The van der Waals surface area contributed by atoms with Crippen molar-refractivity contribution in [2.75, 3.05) is 24.7 Å². The summed E-state index contributed by atoms with van der Waals surface area (Å²) in [6.07, 6.45) is 8.82. The molecule has 0 aromatic rings. The Bertz CT molecular complexity index is 194. The minimum Gasteiger partial charge on any atom is -0.389 e. The van der Waals surface area contributed by atoms with Gasteiger partial charge in [-0.3, -0.25) is 0 Å². The second-order valence-corrected chi connectivity index (χ2v) is 6.77. The Morgan fingerprint density at radius 2 is 1.83 bits per heavy atom. The highest BCUT2D eigenvalue weighted by Crippen LogP contribution is 2.20. The average Bonchev–Trinajstić information content (AvgIpc) is 2.45. The van der Waals surface area contributed by atoms with Crippen LogP contribution in [0.4, 0.5) is 0 Å². The van der Waals surface area contributed by atoms with Crippen LogP contribution in [0.25, 0.3) is 0 Å². The lowest BCUT2D eigenvalue weighted by Gasteiger charge is -2.26. The van der Waals surface area contributed by atoms with Crippen LogP contribution in [0.5, 0.6) is 0 Å². The third-order valence-corrected chi connectivity index (χ3v) is 4.99. The highest BCUT2D eigenvalue weighted by atomic mass is 32.2. The van der Waals surface area contributed by atoms with Crippen molar-refractivity contribution < 1.29 is 9.84 Å². The monoisotopic (exact) mass is 273 g/mol. The first-order valence-electron chi connectivity index (χ1n) is 7.45. The standard InChI is InChI=1S/C14H27NO2S/c16-13(10-15-12-6-8-18-9-7-12)11-17-14-4-2-1-3-5-14/h12-16H,1-11H2. The van der Waals surface area contributed by atoms with Gasteiger partial charge in [-0.25, -0.2) is 0 Å². The molecule has 1 atom stereocenters. The molecule has 1 unspecified atom stereocenters. The smallest absolute Gasteiger partial charge is 0.0897 e. The van der Waals surface area contributed by atoms with Crippen LogP contribution in [0, 0.1) is 0 Å². The van der Waals surface area contributed by atoms with E-state index in [1.165, 1.54) is 56.5 Å². The van der Waals surface area contributed by atoms with Crippen LogP contribution in [0.15, 0.2) is 0 Å². The molecule has 2 N–H and O–H groups in total. The summed E-state index contributed by atoms with van der Waals surface area (Å²) in [7, 11) is 0. The molecule has 0 amide bonds. The van der Waals surface area contributed by atoms with Crippen molar-refractivity contribution >= 4 is 11.8 Å². The first kappa shape index (κ1) is 14.6. The van der Waals surface area contributed by atoms with E-state index in [1.807, 2.05) is 11.8 Å². The van der Waals surface area contributed by atoms with Crippen molar-refractivity contribution in [2.24, 2.45) is 0 Å². The molecule has 18 heavy (non-hydrogen) atoms. The van der Waals surface area contributed by atoms with Crippen LogP contribution in [0.1, 0.15) is 44.9 Å². The number of thioether (sulfide) groups is 1. The molecule has 106 valence electrons. The van der Waals surface area contributed by atoms with Crippen molar-refractivity contribution in [1.29, 1.82) is 0 Å². The normalized spacial score (nSPS) is 25.2. The molecule has 2 fully saturated rings. The second-order valence-electron chi connectivity index (χ2n) is 5.54. The predicted octanol–water partition coefficient (Wildman–Crippen LogP) is 2.18. The molecule has 0 aromatic heterocycles. The molecule has 4 heteroatoms. The van der Waals surface area contributed by atoms with E-state index >= 15 is 0 Å². The minimum atomic E-state index is -0.346. The molecule has 0 spiro atoms. The van der Waals surface area contributed by atoms with Gasteiger partial charge in [-0.1, -0.05) is 19.3 Å². The first-order valence-corrected chi connectivity index (χ1v) is 8.61. The van der Waals surface area contributed by atoms with Gasteiger partial charge in [-0.2, -0.15) is 11.8 Å². The average molecular weight is 273 g/mol. The maximum Gasteiger partial charge on any atom is 0.0897 e. The molecule has 0 bridgehead atoms. The van der Waals surface area contributed by atoms with Gasteiger partial charge in [0.1, 0.15) is 0 Å². The largest absolute Gasteiger partial charge is 0.389 e. The summed E-state index contributed by atoms with van der Waals surface area (Å²) in [6.45, 7) is 1.18. The van der Waals surface area contributed by atoms with Crippen molar-refractivity contribution in [3.63, 3.8) is 0 Å². The van der Waals surface area contributed by atoms with E-state index in [4.69, 9.17) is 4.74 Å². The van der Waals surface area contributed by atoms with Gasteiger partial charge in [-0.05, 0) is 37.2 Å². The third-order valence-electron chi connectivity index (χ3n) is 3.94. The van der Waals surface area contributed by atoms with E-state index in [0.29, 0.717) is 25.3 Å². The highest BCUT2D eigenvalue weighted by molar-refractivity contribution is 7.99. The Morgan fingerprint density at radius 3 is 2.56 bits per heavy atom. The molecule has 1 aliphatic carbocycles. The summed E-state index contributed by atoms with van der Waals surface area (Å²) in [6, 6.07) is 0.607. The molecule has 0 aromatic carbocycles. The van der Waals surface area contributed by atoms with Gasteiger partial charge < -0.3 is 15.2 Å². The fraction of sp³-hybridized carbons (Fsp3) is 1.00. The zero-order chi connectivity index (χ0) is 12.6. The third kappa shape index (κ3) is 5.47. The van der Waals surface area contributed by atoms with E-state index in [1.54, 1.807) is 0 Å². The summed E-state index contributed by atoms with van der Waals surface area (Å²) in [4.78, 5) is 0. The van der Waals surface area contributed by atoms with Crippen LogP contribution >= 0.6 is 11.8 Å². The van der Waals surface area contributed by atoms with Crippen LogP contribution in [-0.4, -0.2) is 48.0 Å². The van der Waals surface area contributed by atoms with Gasteiger partial charge >= 0.3 is 0 Å². The van der Waals surface area contributed by atoms with Crippen molar-refractivity contribution in [3.05, 3.63) is 0 Å². The van der Waals surface area contributed by atoms with Crippen LogP contribution < -0.4 is 5.32 Å². The fourth-order valence-corrected chi connectivity index (χ4v) is 3.85. The highest BCUT2D eigenvalue weighted by Gasteiger charge is 2.17. The van der Waals surface area contributed by atoms with Crippen molar-refractivity contribution in [3.8, 4) is 0 Å². The maximum absolute atomic E-state index is 9.92. The lowest BCUT2D eigenvalue weighted by atomic mass is 9.98. The Morgan fingerprint density at radius 1 is 1.11 bits per heavy atom. The summed E-state index contributed by atoms with van der Waals surface area (Å²) < 4.78 is 5.79. The fourth-order valence-electron chi connectivity index (χ4n) is 2.74. The van der Waals surface area contributed by atoms with Crippen molar-refractivity contribution in [1.82, 2.24) is 5.32 Å². The molecule has 1 saturated carbocycles. The molecule has 1 saturated heterocycles. The van der Waals surface area contributed by atoms with Gasteiger partial charge in [0, 0.05) is 12.6 Å². The number of rotatable bonds is 6. The Balaban J connectivity index is 1.52. The zero-order valence-corrected chi connectivity index (χ0v) is 12.1. The lowest BCUT2D eigenvalue weighted by Crippen LogP contribution is -2.39. The molecular formula is C14H27NO2S. The van der Waals surface area contributed by atoms with E-state index in [9.17, 15) is 5.11 Å². The van der Waals surface area contributed by atoms with E-state index in [0.717, 1.165) is 0 Å². The SMILES string of the molecule is OC(CNC1CCSCC1)COC1CCCCC1. The number of ether oxygens (including phenoxy) is 1. The summed E-state index contributed by atoms with van der Waals surface area (Å²) >= 11 is 2.03. The van der Waals surface area contributed by atoms with Gasteiger partial charge in [0.2, 0.25) is 0 Å². The minimum absolute atomic E-state index is 0.346. The zero-order valence-electron chi connectivity index (χ0n) is 11.3. The number of hydrogen-bond donors (Lipinski definition) is 2. The number of hydrogen-bond acceptors (Lipinski definition) is 4. The lowest BCUT2D eigenvalue weighted by molar-refractivity contribution is -0.0236. The van der Waals surface area contributed by atoms with Crippen molar-refractivity contribution in [2.45, 2.75) is 63.2 Å². The molecule has 2 aliphatic rings. The van der Waals surface area contributed by atoms with E-state index in [-0.39, 0.29) is 6.10 Å². The van der Waals surface area contributed by atoms with Crippen LogP contribution in [0.2, 0.25) is 0 Å². The van der Waals surface area contributed by atoms with Gasteiger partial charge in [-0.15, -0.1) is 0 Å². The Kier molecular flexibility index (Phi) is 6.84. The number of aliphatic hydroxyl groups excluding tert-OH is 1. The summed E-state index contributed by atoms with van der Waals surface area (Å²) in [5.74, 6) is 2.51. The molecule has 1 aliphatic heterocycles. The molecule has 2 rings (SSSR count). The van der Waals surface area contributed by atoms with Gasteiger partial charge in [0.15, 0.2) is 0 Å². The van der Waals surface area contributed by atoms with E-state index < -0.39 is 0 Å². The Labute approximate surface area is 115 Å². The molecular weight excluding hydrogens is 246 g/mol.